The second kappa shape index (κ2) is 11.1. The van der Waals surface area contributed by atoms with Crippen molar-refractivity contribution >= 4 is 23.4 Å². The zero-order valence-electron chi connectivity index (χ0n) is 18.6. The number of aromatic hydroxyl groups is 1. The molecule has 1 aromatic heterocycles. The van der Waals surface area contributed by atoms with Gasteiger partial charge in [-0.25, -0.2) is 9.37 Å². The number of nitrogens with zero attached hydrogens (tertiary/aromatic N) is 1. The minimum Gasteiger partial charge on any atom is -0.503 e. The smallest absolute Gasteiger partial charge is 0.309 e. The Morgan fingerprint density at radius 1 is 1.19 bits per heavy atom. The highest BCUT2D eigenvalue weighted by Crippen LogP contribution is 2.29. The number of carbonyl (C=O) groups excluding carboxylic acids is 2. The van der Waals surface area contributed by atoms with Crippen molar-refractivity contribution in [2.75, 3.05) is 7.11 Å². The van der Waals surface area contributed by atoms with Gasteiger partial charge in [-0.2, -0.15) is 0 Å². The fourth-order valence-corrected chi connectivity index (χ4v) is 3.37. The Kier molecular flexibility index (Phi) is 8.83. The number of aromatic nitrogens is 1. The summed E-state index contributed by atoms with van der Waals surface area (Å²) in [5, 5.41) is 10.3. The summed E-state index contributed by atoms with van der Waals surface area (Å²) >= 11 is 5.88. The lowest BCUT2D eigenvalue weighted by Crippen LogP contribution is -2.39. The van der Waals surface area contributed by atoms with E-state index < -0.39 is 35.7 Å². The summed E-state index contributed by atoms with van der Waals surface area (Å²) in [6.07, 6.45) is -0.152. The number of rotatable bonds is 10. The summed E-state index contributed by atoms with van der Waals surface area (Å²) in [5.41, 5.74) is -0.177. The highest BCUT2D eigenvalue weighted by molar-refractivity contribution is 6.30. The molecule has 174 valence electrons. The number of hydrogen-bond acceptors (Lipinski definition) is 7. The first-order valence-electron chi connectivity index (χ1n) is 10.1. The third kappa shape index (κ3) is 6.56. The van der Waals surface area contributed by atoms with Gasteiger partial charge in [-0.15, -0.1) is 0 Å². The van der Waals surface area contributed by atoms with Crippen LogP contribution in [0.2, 0.25) is 5.02 Å². The van der Waals surface area contributed by atoms with Crippen LogP contribution in [0.5, 0.6) is 17.2 Å². The van der Waals surface area contributed by atoms with Crippen LogP contribution in [0.4, 0.5) is 4.39 Å². The van der Waals surface area contributed by atoms with Gasteiger partial charge in [-0.3, -0.25) is 9.59 Å². The van der Waals surface area contributed by atoms with Gasteiger partial charge in [0.15, 0.2) is 23.0 Å². The van der Waals surface area contributed by atoms with Gasteiger partial charge in [-0.1, -0.05) is 32.4 Å². The van der Waals surface area contributed by atoms with E-state index in [0.717, 1.165) is 6.07 Å². The molecule has 9 heteroatoms. The normalized spacial score (nSPS) is 13.9. The SMILES string of the molecule is COc1ccnc(C(=O)C[C@@H](C)C(=O)O[C@@H](C)[C@H](Oc2cc(F)cc(Cl)c2)C(C)C)c1O. The monoisotopic (exact) mass is 467 g/mol. The quantitative estimate of drug-likeness (QED) is 0.395. The Morgan fingerprint density at radius 2 is 1.88 bits per heavy atom. The molecular weight excluding hydrogens is 441 g/mol. The molecule has 1 aromatic carbocycles. The van der Waals surface area contributed by atoms with Gasteiger partial charge in [0.25, 0.3) is 0 Å². The van der Waals surface area contributed by atoms with Crippen molar-refractivity contribution in [1.29, 1.82) is 0 Å². The number of ketones is 1. The Bertz CT molecular complexity index is 947. The lowest BCUT2D eigenvalue weighted by molar-refractivity contribution is -0.158. The molecule has 1 heterocycles. The van der Waals surface area contributed by atoms with E-state index >= 15 is 0 Å². The number of pyridine rings is 1. The second-order valence-electron chi connectivity index (χ2n) is 7.81. The van der Waals surface area contributed by atoms with Crippen LogP contribution < -0.4 is 9.47 Å². The number of benzene rings is 1. The van der Waals surface area contributed by atoms with Crippen LogP contribution in [-0.2, 0) is 9.53 Å². The summed E-state index contributed by atoms with van der Waals surface area (Å²) in [5.74, 6) is -2.59. The molecular formula is C23H27ClFNO6. The van der Waals surface area contributed by atoms with Gasteiger partial charge in [0.05, 0.1) is 13.0 Å². The van der Waals surface area contributed by atoms with Crippen molar-refractivity contribution in [3.05, 3.63) is 47.0 Å². The third-order valence-electron chi connectivity index (χ3n) is 4.80. The molecule has 32 heavy (non-hydrogen) atoms. The van der Waals surface area contributed by atoms with Crippen LogP contribution in [-0.4, -0.2) is 41.2 Å². The largest absolute Gasteiger partial charge is 0.503 e. The van der Waals surface area contributed by atoms with Crippen molar-refractivity contribution in [1.82, 2.24) is 4.98 Å². The van der Waals surface area contributed by atoms with E-state index in [9.17, 15) is 19.1 Å². The van der Waals surface area contributed by atoms with Gasteiger partial charge in [0, 0.05) is 29.8 Å². The van der Waals surface area contributed by atoms with Gasteiger partial charge < -0.3 is 19.3 Å². The van der Waals surface area contributed by atoms with Crippen LogP contribution in [0.1, 0.15) is 44.6 Å². The van der Waals surface area contributed by atoms with E-state index in [1.807, 2.05) is 13.8 Å². The lowest BCUT2D eigenvalue weighted by atomic mass is 10.0. The van der Waals surface area contributed by atoms with Gasteiger partial charge in [0.2, 0.25) is 0 Å². The van der Waals surface area contributed by atoms with Crippen LogP contribution in [0, 0.1) is 17.7 Å². The maximum atomic E-state index is 13.6. The van der Waals surface area contributed by atoms with Crippen molar-refractivity contribution in [3.63, 3.8) is 0 Å². The molecule has 0 unspecified atom stereocenters. The van der Waals surface area contributed by atoms with Crippen LogP contribution in [0.15, 0.2) is 30.5 Å². The number of ether oxygens (including phenoxy) is 3. The first kappa shape index (κ1) is 25.4. The van der Waals surface area contributed by atoms with E-state index in [4.69, 9.17) is 25.8 Å². The van der Waals surface area contributed by atoms with Crippen molar-refractivity contribution < 1.29 is 33.3 Å². The van der Waals surface area contributed by atoms with E-state index in [0.29, 0.717) is 0 Å². The van der Waals surface area contributed by atoms with Gasteiger partial charge >= 0.3 is 5.97 Å². The Labute approximate surface area is 191 Å². The van der Waals surface area contributed by atoms with Crippen LogP contribution in [0.25, 0.3) is 0 Å². The molecule has 7 nitrogen and oxygen atoms in total. The number of esters is 1. The van der Waals surface area contributed by atoms with E-state index in [-0.39, 0.29) is 40.3 Å². The molecule has 0 fully saturated rings. The lowest BCUT2D eigenvalue weighted by Gasteiger charge is -2.29. The Morgan fingerprint density at radius 3 is 2.47 bits per heavy atom. The first-order chi connectivity index (χ1) is 15.0. The molecule has 3 atom stereocenters. The molecule has 0 aliphatic rings. The van der Waals surface area contributed by atoms with E-state index in [1.165, 1.54) is 31.5 Å². The summed E-state index contributed by atoms with van der Waals surface area (Å²) in [6.45, 7) is 6.95. The molecule has 0 amide bonds. The second-order valence-corrected chi connectivity index (χ2v) is 8.25. The number of hydrogen-bond donors (Lipinski definition) is 1. The number of carbonyl (C=O) groups is 2. The standard InChI is InChI=1S/C23H27ClFNO6/c1-12(2)22(32-17-10-15(24)9-16(25)11-17)14(4)31-23(29)13(3)8-18(27)20-21(28)19(30-5)6-7-26-20/h6-7,9-14,22,28H,8H2,1-5H3/t13-,14+,22-/m1/s1. The van der Waals surface area contributed by atoms with Gasteiger partial charge in [-0.05, 0) is 25.0 Å². The van der Waals surface area contributed by atoms with Crippen molar-refractivity contribution in [2.24, 2.45) is 11.8 Å². The first-order valence-corrected chi connectivity index (χ1v) is 10.5. The molecule has 0 aliphatic heterocycles. The zero-order valence-corrected chi connectivity index (χ0v) is 19.4. The maximum absolute atomic E-state index is 13.6. The molecule has 0 spiro atoms. The fraction of sp³-hybridized carbons (Fsp3) is 0.435. The highest BCUT2D eigenvalue weighted by atomic mass is 35.5. The number of methoxy groups -OCH3 is 1. The summed E-state index contributed by atoms with van der Waals surface area (Å²) < 4.78 is 30.0. The maximum Gasteiger partial charge on any atom is 0.309 e. The molecule has 0 saturated heterocycles. The predicted octanol–water partition coefficient (Wildman–Crippen LogP) is 4.83. The van der Waals surface area contributed by atoms with Gasteiger partial charge in [0.1, 0.15) is 23.8 Å². The molecule has 0 bridgehead atoms. The molecule has 2 rings (SSSR count). The topological polar surface area (TPSA) is 95.0 Å². The minimum absolute atomic E-state index is 0.0743. The zero-order chi connectivity index (χ0) is 24.0. The van der Waals surface area contributed by atoms with Crippen molar-refractivity contribution in [3.8, 4) is 17.2 Å². The third-order valence-corrected chi connectivity index (χ3v) is 5.01. The summed E-state index contributed by atoms with van der Waals surface area (Å²) in [6, 6.07) is 5.26. The van der Waals surface area contributed by atoms with Crippen LogP contribution in [0.3, 0.4) is 0 Å². The van der Waals surface area contributed by atoms with E-state index in [2.05, 4.69) is 4.98 Å². The summed E-state index contributed by atoms with van der Waals surface area (Å²) in [4.78, 5) is 29.0. The van der Waals surface area contributed by atoms with Crippen molar-refractivity contribution in [2.45, 2.75) is 46.3 Å². The number of Topliss-reactive ketones (excluding diaryl/α,β-unsaturated/α-hetero) is 1. The van der Waals surface area contributed by atoms with E-state index in [1.54, 1.807) is 13.8 Å². The van der Waals surface area contributed by atoms with Crippen LogP contribution >= 0.6 is 11.6 Å². The molecule has 0 aliphatic carbocycles. The Hall–Kier alpha value is -2.87. The average Bonchev–Trinajstić information content (AvgIpc) is 2.70. The number of halogens is 2. The molecule has 0 saturated carbocycles. The summed E-state index contributed by atoms with van der Waals surface area (Å²) in [7, 11) is 1.36. The predicted molar refractivity (Wildman–Crippen MR) is 117 cm³/mol. The highest BCUT2D eigenvalue weighted by Gasteiger charge is 2.30. The Balaban J connectivity index is 2.04. The fourth-order valence-electron chi connectivity index (χ4n) is 3.16. The average molecular weight is 468 g/mol. The minimum atomic E-state index is -0.797. The molecule has 0 radical (unpaired) electrons. The molecule has 2 aromatic rings. The molecule has 1 N–H and O–H groups in total.